The molecule has 2 rings (SSSR count). The first-order valence-electron chi connectivity index (χ1n) is 7.15. The highest BCUT2D eigenvalue weighted by Crippen LogP contribution is 2.34. The van der Waals surface area contributed by atoms with E-state index in [1.807, 2.05) is 19.1 Å². The molecule has 22 heavy (non-hydrogen) atoms. The second kappa shape index (κ2) is 8.17. The van der Waals surface area contributed by atoms with Gasteiger partial charge in [0.1, 0.15) is 12.4 Å². The number of hydrogen-bond donors (Lipinski definition) is 0. The number of amides is 1. The Labute approximate surface area is 149 Å². The monoisotopic (exact) mass is 435 g/mol. The van der Waals surface area contributed by atoms with Crippen LogP contribution in [-0.4, -0.2) is 41.6 Å². The van der Waals surface area contributed by atoms with Gasteiger partial charge in [0, 0.05) is 24.9 Å². The number of carbonyl (C=O) groups is 1. The lowest BCUT2D eigenvalue weighted by Crippen LogP contribution is -2.38. The van der Waals surface area contributed by atoms with Crippen molar-refractivity contribution in [2.45, 2.75) is 17.3 Å². The number of ether oxygens (including phenoxy) is 2. The van der Waals surface area contributed by atoms with Crippen LogP contribution in [0.3, 0.4) is 0 Å². The average Bonchev–Trinajstić information content (AvgIpc) is 2.51. The van der Waals surface area contributed by atoms with Crippen LogP contribution in [0.4, 0.5) is 0 Å². The lowest BCUT2D eigenvalue weighted by atomic mass is 10.0. The molecule has 0 radical (unpaired) electrons. The Morgan fingerprint density at radius 2 is 2.18 bits per heavy atom. The van der Waals surface area contributed by atoms with E-state index in [0.717, 1.165) is 17.7 Å². The molecule has 1 amide bonds. The highest BCUT2D eigenvalue weighted by molar-refractivity contribution is 14.1. The Hall–Kier alpha value is -0.790. The Balaban J connectivity index is 2.23. The van der Waals surface area contributed by atoms with Crippen molar-refractivity contribution < 1.29 is 14.3 Å². The van der Waals surface area contributed by atoms with Gasteiger partial charge in [0.05, 0.1) is 15.6 Å². The van der Waals surface area contributed by atoms with Gasteiger partial charge >= 0.3 is 0 Å². The summed E-state index contributed by atoms with van der Waals surface area (Å²) in [6.07, 6.45) is 2.81. The molecule has 0 aromatic heterocycles. The summed E-state index contributed by atoms with van der Waals surface area (Å²) in [5.41, 5.74) is 1.74. The number of nitrogens with zero attached hydrogens (tertiary/aromatic N) is 1. The molecule has 0 fully saturated rings. The van der Waals surface area contributed by atoms with Crippen LogP contribution in [0.15, 0.2) is 24.3 Å². The molecule has 0 spiro atoms. The zero-order valence-electron chi connectivity index (χ0n) is 12.6. The maximum absolute atomic E-state index is 12.3. The third kappa shape index (κ3) is 3.94. The lowest BCUT2D eigenvalue weighted by Gasteiger charge is -2.31. The third-order valence-corrected chi connectivity index (χ3v) is 4.79. The number of halogens is 2. The van der Waals surface area contributed by atoms with E-state index in [0.29, 0.717) is 30.5 Å². The molecule has 0 aliphatic carbocycles. The Morgan fingerprint density at radius 1 is 1.41 bits per heavy atom. The van der Waals surface area contributed by atoms with Gasteiger partial charge in [-0.15, -0.1) is 0 Å². The maximum atomic E-state index is 12.3. The summed E-state index contributed by atoms with van der Waals surface area (Å²) in [6, 6.07) is 5.55. The van der Waals surface area contributed by atoms with Gasteiger partial charge in [-0.1, -0.05) is 40.3 Å². The van der Waals surface area contributed by atoms with Crippen LogP contribution >= 0.6 is 34.2 Å². The van der Waals surface area contributed by atoms with Crippen molar-refractivity contribution in [3.8, 4) is 5.75 Å². The zero-order chi connectivity index (χ0) is 16.1. The zero-order valence-corrected chi connectivity index (χ0v) is 15.6. The average molecular weight is 436 g/mol. The minimum absolute atomic E-state index is 0.00303. The van der Waals surface area contributed by atoms with Gasteiger partial charge in [0.25, 0.3) is 0 Å². The third-order valence-electron chi connectivity index (χ3n) is 3.43. The predicted molar refractivity (Wildman–Crippen MR) is 96.6 cm³/mol. The first kappa shape index (κ1) is 17.6. The van der Waals surface area contributed by atoms with E-state index in [4.69, 9.17) is 21.1 Å². The van der Waals surface area contributed by atoms with Crippen LogP contribution in [0.25, 0.3) is 5.70 Å². The first-order valence-corrected chi connectivity index (χ1v) is 8.78. The summed E-state index contributed by atoms with van der Waals surface area (Å²) < 4.78 is 10.5. The molecule has 6 heteroatoms. The van der Waals surface area contributed by atoms with Gasteiger partial charge < -0.3 is 14.4 Å². The van der Waals surface area contributed by atoms with Crippen LogP contribution in [0.1, 0.15) is 18.9 Å². The second-order valence-electron chi connectivity index (χ2n) is 4.86. The van der Waals surface area contributed by atoms with E-state index in [1.54, 1.807) is 18.1 Å². The molecule has 1 aliphatic rings. The van der Waals surface area contributed by atoms with E-state index < -0.39 is 0 Å². The van der Waals surface area contributed by atoms with Crippen molar-refractivity contribution in [1.82, 2.24) is 4.90 Å². The molecule has 1 heterocycles. The first-order chi connectivity index (χ1) is 10.6. The van der Waals surface area contributed by atoms with Crippen molar-refractivity contribution in [1.29, 1.82) is 0 Å². The fraction of sp³-hybridized carbons (Fsp3) is 0.438. The minimum Gasteiger partial charge on any atom is -0.491 e. The van der Waals surface area contributed by atoms with E-state index in [-0.39, 0.29) is 9.83 Å². The molecule has 0 bridgehead atoms. The second-order valence-corrected chi connectivity index (χ2v) is 6.77. The molecule has 1 atom stereocenters. The van der Waals surface area contributed by atoms with Crippen molar-refractivity contribution in [2.75, 3.05) is 26.9 Å². The molecule has 0 saturated heterocycles. The number of methoxy groups -OCH3 is 1. The molecular formula is C16H19ClINO3. The molecule has 4 nitrogen and oxygen atoms in total. The Kier molecular flexibility index (Phi) is 6.52. The number of rotatable bonds is 6. The minimum atomic E-state index is -0.00303. The van der Waals surface area contributed by atoms with Gasteiger partial charge in [0.2, 0.25) is 5.91 Å². The number of allylic oxidation sites excluding steroid dienone is 1. The molecule has 1 unspecified atom stereocenters. The fourth-order valence-corrected chi connectivity index (χ4v) is 3.19. The number of alkyl halides is 1. The van der Waals surface area contributed by atoms with Crippen LogP contribution in [0.5, 0.6) is 5.75 Å². The summed E-state index contributed by atoms with van der Waals surface area (Å²) in [5.74, 6) is 0.834. The number of benzene rings is 1. The highest BCUT2D eigenvalue weighted by atomic mass is 127. The van der Waals surface area contributed by atoms with Crippen LogP contribution < -0.4 is 4.74 Å². The maximum Gasteiger partial charge on any atom is 0.240 e. The van der Waals surface area contributed by atoms with E-state index in [9.17, 15) is 4.79 Å². The molecule has 1 aromatic rings. The van der Waals surface area contributed by atoms with Gasteiger partial charge in [-0.25, -0.2) is 0 Å². The van der Waals surface area contributed by atoms with Crippen LogP contribution in [0, 0.1) is 0 Å². The summed E-state index contributed by atoms with van der Waals surface area (Å²) in [4.78, 5) is 14.1. The Bertz CT molecular complexity index is 577. The van der Waals surface area contributed by atoms with Gasteiger partial charge in [-0.3, -0.25) is 4.79 Å². The van der Waals surface area contributed by atoms with Crippen LogP contribution in [-0.2, 0) is 9.53 Å². The van der Waals surface area contributed by atoms with Gasteiger partial charge in [-0.2, -0.15) is 0 Å². The van der Waals surface area contributed by atoms with Gasteiger partial charge in [0.15, 0.2) is 0 Å². The van der Waals surface area contributed by atoms with Crippen molar-refractivity contribution >= 4 is 45.8 Å². The topological polar surface area (TPSA) is 38.8 Å². The summed E-state index contributed by atoms with van der Waals surface area (Å²) in [7, 11) is 1.63. The van der Waals surface area contributed by atoms with Crippen LogP contribution in [0.2, 0.25) is 5.02 Å². The molecule has 0 saturated carbocycles. The standard InChI is InChI=1S/C16H19ClINO3/c1-3-19-15(7-6-14(18)16(19)20)12-5-4-11(10-13(12)17)22-9-8-21-2/h4-5,7,10,14H,3,6,8-9H2,1-2H3. The largest absolute Gasteiger partial charge is 0.491 e. The summed E-state index contributed by atoms with van der Waals surface area (Å²) in [6.45, 7) is 3.60. The summed E-state index contributed by atoms with van der Waals surface area (Å²) in [5, 5.41) is 0.583. The van der Waals surface area contributed by atoms with E-state index in [2.05, 4.69) is 28.7 Å². The number of hydrogen-bond acceptors (Lipinski definition) is 3. The molecule has 120 valence electrons. The smallest absolute Gasteiger partial charge is 0.240 e. The quantitative estimate of drug-likeness (QED) is 0.388. The number of carbonyl (C=O) groups excluding carboxylic acids is 1. The van der Waals surface area contributed by atoms with E-state index in [1.165, 1.54) is 0 Å². The van der Waals surface area contributed by atoms with Gasteiger partial charge in [-0.05, 0) is 31.5 Å². The predicted octanol–water partition coefficient (Wildman–Crippen LogP) is 3.76. The van der Waals surface area contributed by atoms with E-state index >= 15 is 0 Å². The van der Waals surface area contributed by atoms with Crippen molar-refractivity contribution in [3.63, 3.8) is 0 Å². The van der Waals surface area contributed by atoms with Crippen molar-refractivity contribution in [2.24, 2.45) is 0 Å². The lowest BCUT2D eigenvalue weighted by molar-refractivity contribution is -0.127. The molecular weight excluding hydrogens is 417 g/mol. The molecule has 0 N–H and O–H groups in total. The molecule has 1 aromatic carbocycles. The Morgan fingerprint density at radius 3 is 2.82 bits per heavy atom. The SMILES string of the molecule is CCN1C(=O)C(I)CC=C1c1ccc(OCCOC)cc1Cl. The highest BCUT2D eigenvalue weighted by Gasteiger charge is 2.28. The molecule has 1 aliphatic heterocycles. The fourth-order valence-electron chi connectivity index (χ4n) is 2.33. The normalized spacial score (nSPS) is 18.4. The summed E-state index contributed by atoms with van der Waals surface area (Å²) >= 11 is 8.57. The van der Waals surface area contributed by atoms with Crippen molar-refractivity contribution in [3.05, 3.63) is 34.9 Å².